The Hall–Kier alpha value is -3.22. The predicted molar refractivity (Wildman–Crippen MR) is 88.8 cm³/mol. The molecule has 0 saturated carbocycles. The molecule has 0 aliphatic rings. The summed E-state index contributed by atoms with van der Waals surface area (Å²) in [4.78, 5) is 12.3. The van der Waals surface area contributed by atoms with Crippen molar-refractivity contribution in [1.82, 2.24) is 9.78 Å². The van der Waals surface area contributed by atoms with E-state index >= 15 is 0 Å². The Kier molecular flexibility index (Phi) is 5.03. The molecule has 0 unspecified atom stereocenters. The lowest BCUT2D eigenvalue weighted by atomic mass is 10.1. The molecule has 0 saturated heterocycles. The summed E-state index contributed by atoms with van der Waals surface area (Å²) in [7, 11) is 0. The van der Waals surface area contributed by atoms with Gasteiger partial charge in [0.05, 0.1) is 12.2 Å². The molecule has 0 spiro atoms. The summed E-state index contributed by atoms with van der Waals surface area (Å²) in [5.41, 5.74) is 1.59. The number of aromatic nitrogens is 2. The van der Waals surface area contributed by atoms with E-state index in [2.05, 4.69) is 15.2 Å². The van der Waals surface area contributed by atoms with Crippen LogP contribution in [0.1, 0.15) is 15.9 Å². The van der Waals surface area contributed by atoms with Crippen LogP contribution in [0.5, 0.6) is 5.75 Å². The minimum atomic E-state index is -2.96. The van der Waals surface area contributed by atoms with E-state index in [1.165, 1.54) is 12.1 Å². The minimum absolute atomic E-state index is 0.0823. The number of ether oxygens (including phenoxy) is 1. The highest BCUT2D eigenvalue weighted by atomic mass is 19.3. The third-order valence-electron chi connectivity index (χ3n) is 3.47. The fourth-order valence-corrected chi connectivity index (χ4v) is 2.31. The normalized spacial score (nSPS) is 10.7. The van der Waals surface area contributed by atoms with Gasteiger partial charge in [-0.1, -0.05) is 24.3 Å². The number of rotatable bonds is 6. The highest BCUT2D eigenvalue weighted by Gasteiger charge is 2.12. The Morgan fingerprint density at radius 1 is 1.12 bits per heavy atom. The quantitative estimate of drug-likeness (QED) is 0.741. The number of anilines is 1. The molecule has 5 nitrogen and oxygen atoms in total. The summed E-state index contributed by atoms with van der Waals surface area (Å²) in [5, 5.41) is 6.70. The van der Waals surface area contributed by atoms with Crippen LogP contribution in [0.25, 0.3) is 0 Å². The maximum Gasteiger partial charge on any atom is 0.387 e. The number of halogens is 2. The van der Waals surface area contributed by atoms with Crippen LogP contribution in [0.4, 0.5) is 14.5 Å². The number of para-hydroxylation sites is 2. The van der Waals surface area contributed by atoms with Crippen LogP contribution in [0.2, 0.25) is 0 Å². The standard InChI is InChI=1S/C18H15F2N3O2/c19-18(20)25-16-5-2-1-4-15(16)22-17(24)14-8-6-13(7-9-14)12-23-11-3-10-21-23/h1-11,18H,12H2,(H,22,24). The average Bonchev–Trinajstić information content (AvgIpc) is 3.10. The maximum atomic E-state index is 12.4. The molecule has 0 atom stereocenters. The van der Waals surface area contributed by atoms with Crippen LogP contribution in [0, 0.1) is 0 Å². The SMILES string of the molecule is O=C(Nc1ccccc1OC(F)F)c1ccc(Cn2cccn2)cc1. The zero-order valence-electron chi connectivity index (χ0n) is 13.1. The number of benzene rings is 2. The van der Waals surface area contributed by atoms with Crippen LogP contribution in [0.15, 0.2) is 67.0 Å². The number of hydrogen-bond donors (Lipinski definition) is 1. The molecule has 2 aromatic carbocycles. The van der Waals surface area contributed by atoms with Gasteiger partial charge in [-0.25, -0.2) is 0 Å². The Balaban J connectivity index is 1.69. The van der Waals surface area contributed by atoms with Gasteiger partial charge in [-0.05, 0) is 35.9 Å². The number of nitrogens with zero attached hydrogens (tertiary/aromatic N) is 2. The lowest BCUT2D eigenvalue weighted by Crippen LogP contribution is -2.14. The second-order valence-electron chi connectivity index (χ2n) is 5.23. The first-order chi connectivity index (χ1) is 12.1. The number of alkyl halides is 2. The number of nitrogens with one attached hydrogen (secondary N) is 1. The van der Waals surface area contributed by atoms with E-state index in [1.54, 1.807) is 35.1 Å². The molecule has 0 bridgehead atoms. The number of carbonyl (C=O) groups is 1. The summed E-state index contributed by atoms with van der Waals surface area (Å²) in [6, 6.07) is 14.9. The molecule has 0 fully saturated rings. The van der Waals surface area contributed by atoms with E-state index in [9.17, 15) is 13.6 Å². The number of amides is 1. The van der Waals surface area contributed by atoms with Crippen molar-refractivity contribution in [3.05, 3.63) is 78.1 Å². The van der Waals surface area contributed by atoms with Crippen LogP contribution >= 0.6 is 0 Å². The minimum Gasteiger partial charge on any atom is -0.433 e. The van der Waals surface area contributed by atoms with Crippen molar-refractivity contribution in [3.8, 4) is 5.75 Å². The highest BCUT2D eigenvalue weighted by Crippen LogP contribution is 2.26. The van der Waals surface area contributed by atoms with Gasteiger partial charge in [0, 0.05) is 18.0 Å². The van der Waals surface area contributed by atoms with Crippen molar-refractivity contribution in [1.29, 1.82) is 0 Å². The summed E-state index contributed by atoms with van der Waals surface area (Å²) in [5.74, 6) is -0.489. The van der Waals surface area contributed by atoms with E-state index in [0.717, 1.165) is 5.56 Å². The van der Waals surface area contributed by atoms with E-state index in [0.29, 0.717) is 12.1 Å². The molecule has 1 aromatic heterocycles. The van der Waals surface area contributed by atoms with E-state index in [-0.39, 0.29) is 11.4 Å². The molecule has 7 heteroatoms. The molecule has 1 heterocycles. The molecule has 1 amide bonds. The van der Waals surface area contributed by atoms with Crippen molar-refractivity contribution in [2.75, 3.05) is 5.32 Å². The van der Waals surface area contributed by atoms with E-state index in [4.69, 9.17) is 0 Å². The molecular formula is C18H15F2N3O2. The summed E-state index contributed by atoms with van der Waals surface area (Å²) < 4.78 is 31.0. The van der Waals surface area contributed by atoms with Crippen LogP contribution in [-0.2, 0) is 6.54 Å². The van der Waals surface area contributed by atoms with Crippen LogP contribution < -0.4 is 10.1 Å². The lowest BCUT2D eigenvalue weighted by molar-refractivity contribution is -0.0493. The van der Waals surface area contributed by atoms with Crippen molar-refractivity contribution >= 4 is 11.6 Å². The molecule has 25 heavy (non-hydrogen) atoms. The first-order valence-electron chi connectivity index (χ1n) is 7.53. The zero-order valence-corrected chi connectivity index (χ0v) is 13.1. The largest absolute Gasteiger partial charge is 0.433 e. The van der Waals surface area contributed by atoms with Gasteiger partial charge in [-0.3, -0.25) is 9.48 Å². The lowest BCUT2D eigenvalue weighted by Gasteiger charge is -2.12. The second kappa shape index (κ2) is 7.57. The van der Waals surface area contributed by atoms with Crippen LogP contribution in [0.3, 0.4) is 0 Å². The summed E-state index contributed by atoms with van der Waals surface area (Å²) in [6.45, 7) is -2.36. The average molecular weight is 343 g/mol. The van der Waals surface area contributed by atoms with E-state index in [1.807, 2.05) is 24.4 Å². The van der Waals surface area contributed by atoms with Gasteiger partial charge >= 0.3 is 6.61 Å². The molecule has 1 N–H and O–H groups in total. The number of carbonyl (C=O) groups excluding carboxylic acids is 1. The molecule has 0 aliphatic heterocycles. The van der Waals surface area contributed by atoms with Crippen molar-refractivity contribution in [2.45, 2.75) is 13.2 Å². The smallest absolute Gasteiger partial charge is 0.387 e. The van der Waals surface area contributed by atoms with E-state index < -0.39 is 12.5 Å². The zero-order chi connectivity index (χ0) is 17.6. The first-order valence-corrected chi connectivity index (χ1v) is 7.53. The van der Waals surface area contributed by atoms with Gasteiger partial charge < -0.3 is 10.1 Å². The molecular weight excluding hydrogens is 328 g/mol. The monoisotopic (exact) mass is 343 g/mol. The molecule has 0 radical (unpaired) electrons. The molecule has 3 rings (SSSR count). The van der Waals surface area contributed by atoms with Gasteiger partial charge in [-0.2, -0.15) is 13.9 Å². The maximum absolute atomic E-state index is 12.4. The molecule has 128 valence electrons. The summed E-state index contributed by atoms with van der Waals surface area (Å²) in [6.07, 6.45) is 3.54. The third-order valence-corrected chi connectivity index (χ3v) is 3.47. The van der Waals surface area contributed by atoms with Gasteiger partial charge in [0.1, 0.15) is 5.75 Å². The van der Waals surface area contributed by atoms with Gasteiger partial charge in [-0.15, -0.1) is 0 Å². The Bertz CT molecular complexity index is 834. The third kappa shape index (κ3) is 4.41. The predicted octanol–water partition coefficient (Wildman–Crippen LogP) is 3.79. The van der Waals surface area contributed by atoms with Crippen LogP contribution in [-0.4, -0.2) is 22.3 Å². The van der Waals surface area contributed by atoms with Crippen molar-refractivity contribution in [2.24, 2.45) is 0 Å². The van der Waals surface area contributed by atoms with Gasteiger partial charge in [0.25, 0.3) is 5.91 Å². The molecule has 0 aliphatic carbocycles. The summed E-state index contributed by atoms with van der Waals surface area (Å²) >= 11 is 0. The topological polar surface area (TPSA) is 56.1 Å². The fraction of sp³-hybridized carbons (Fsp3) is 0.111. The van der Waals surface area contributed by atoms with Gasteiger partial charge in [0.2, 0.25) is 0 Å². The highest BCUT2D eigenvalue weighted by molar-refractivity contribution is 6.05. The first kappa shape index (κ1) is 16.6. The second-order valence-corrected chi connectivity index (χ2v) is 5.23. The number of hydrogen-bond acceptors (Lipinski definition) is 3. The fourth-order valence-electron chi connectivity index (χ4n) is 2.31. The Morgan fingerprint density at radius 2 is 1.88 bits per heavy atom. The molecule has 3 aromatic rings. The van der Waals surface area contributed by atoms with Gasteiger partial charge in [0.15, 0.2) is 0 Å². The van der Waals surface area contributed by atoms with Crippen molar-refractivity contribution in [3.63, 3.8) is 0 Å². The Morgan fingerprint density at radius 3 is 2.56 bits per heavy atom. The van der Waals surface area contributed by atoms with Crippen molar-refractivity contribution < 1.29 is 18.3 Å². The Labute approximate surface area is 142 Å².